The highest BCUT2D eigenvalue weighted by Gasteiger charge is 1.97. The lowest BCUT2D eigenvalue weighted by Gasteiger charge is -2.02. The Morgan fingerprint density at radius 3 is 1.38 bits per heavy atom. The minimum Gasteiger partial charge on any atom is -0.481 e. The Bertz CT molecular complexity index is 420. The molecule has 0 unspecified atom stereocenters. The van der Waals surface area contributed by atoms with E-state index in [1.807, 2.05) is 0 Å². The molecule has 0 heterocycles. The molecule has 0 aromatic rings. The van der Waals surface area contributed by atoms with E-state index < -0.39 is 5.97 Å². The van der Waals surface area contributed by atoms with E-state index in [1.165, 1.54) is 89.9 Å². The summed E-state index contributed by atoms with van der Waals surface area (Å²) >= 11 is 0. The maximum atomic E-state index is 10.4. The molecule has 1 N–H and O–H groups in total. The molecule has 0 amide bonds. The zero-order valence-corrected chi connectivity index (χ0v) is 19.3. The number of rotatable bonds is 22. The Hall–Kier alpha value is -1.31. The zero-order valence-electron chi connectivity index (χ0n) is 19.3. The van der Waals surface area contributed by atoms with Crippen LogP contribution in [0.25, 0.3) is 0 Å². The van der Waals surface area contributed by atoms with Crippen molar-refractivity contribution in [1.82, 2.24) is 0 Å². The number of unbranched alkanes of at least 4 members (excludes halogenated alkanes) is 14. The Morgan fingerprint density at radius 1 is 0.552 bits per heavy atom. The molecule has 0 atom stereocenters. The van der Waals surface area contributed by atoms with Gasteiger partial charge in [-0.05, 0) is 38.5 Å². The van der Waals surface area contributed by atoms with E-state index in [2.05, 4.69) is 43.4 Å². The molecule has 0 aliphatic rings. The zero-order chi connectivity index (χ0) is 21.3. The molecule has 0 aromatic heterocycles. The van der Waals surface area contributed by atoms with Crippen molar-refractivity contribution in [3.63, 3.8) is 0 Å². The summed E-state index contributed by atoms with van der Waals surface area (Å²) in [5, 5.41) is 8.58. The second-order valence-electron chi connectivity index (χ2n) is 8.20. The van der Waals surface area contributed by atoms with Crippen LogP contribution in [0.1, 0.15) is 129 Å². The van der Waals surface area contributed by atoms with Gasteiger partial charge in [-0.25, -0.2) is 0 Å². The predicted octanol–water partition coefficient (Wildman–Crippen LogP) is 9.17. The minimum absolute atomic E-state index is 0.337. The first kappa shape index (κ1) is 27.7. The highest BCUT2D eigenvalue weighted by atomic mass is 16.4. The Labute approximate surface area is 181 Å². The van der Waals surface area contributed by atoms with Crippen molar-refractivity contribution in [2.75, 3.05) is 0 Å². The van der Waals surface area contributed by atoms with E-state index in [4.69, 9.17) is 5.11 Å². The van der Waals surface area contributed by atoms with Crippen LogP contribution in [-0.4, -0.2) is 11.1 Å². The number of aliphatic carboxylic acids is 1. The third-order valence-corrected chi connectivity index (χ3v) is 5.28. The van der Waals surface area contributed by atoms with Gasteiger partial charge < -0.3 is 5.11 Å². The van der Waals surface area contributed by atoms with Gasteiger partial charge in [-0.2, -0.15) is 0 Å². The smallest absolute Gasteiger partial charge is 0.303 e. The Morgan fingerprint density at radius 2 is 0.931 bits per heavy atom. The quantitative estimate of drug-likeness (QED) is 0.144. The summed E-state index contributed by atoms with van der Waals surface area (Å²) in [5.74, 6) is -0.658. The van der Waals surface area contributed by atoms with E-state index in [0.29, 0.717) is 6.42 Å². The van der Waals surface area contributed by atoms with Crippen molar-refractivity contribution in [3.8, 4) is 0 Å². The van der Waals surface area contributed by atoms with Crippen LogP contribution in [0.4, 0.5) is 0 Å². The van der Waals surface area contributed by atoms with Crippen LogP contribution in [0.15, 0.2) is 36.5 Å². The first-order valence-corrected chi connectivity index (χ1v) is 12.4. The second kappa shape index (κ2) is 24.7. The van der Waals surface area contributed by atoms with Crippen molar-refractivity contribution in [3.05, 3.63) is 36.5 Å². The lowest BCUT2D eigenvalue weighted by Crippen LogP contribution is -1.93. The van der Waals surface area contributed by atoms with Crippen LogP contribution in [0, 0.1) is 0 Å². The van der Waals surface area contributed by atoms with Gasteiger partial charge in [-0.1, -0.05) is 120 Å². The average Bonchev–Trinajstić information content (AvgIpc) is 2.71. The summed E-state index contributed by atoms with van der Waals surface area (Å²) in [6, 6.07) is 0. The van der Waals surface area contributed by atoms with Crippen molar-refractivity contribution in [2.45, 2.75) is 129 Å². The molecule has 0 spiro atoms. The molecule has 0 radical (unpaired) electrons. The molecule has 29 heavy (non-hydrogen) atoms. The first-order valence-electron chi connectivity index (χ1n) is 12.4. The van der Waals surface area contributed by atoms with Gasteiger partial charge >= 0.3 is 5.97 Å². The van der Waals surface area contributed by atoms with Gasteiger partial charge in [0.15, 0.2) is 0 Å². The van der Waals surface area contributed by atoms with Gasteiger partial charge in [-0.3, -0.25) is 4.79 Å². The number of allylic oxidation sites excluding steroid dienone is 6. The maximum absolute atomic E-state index is 10.4. The molecule has 2 heteroatoms. The van der Waals surface area contributed by atoms with Gasteiger partial charge in [0, 0.05) is 6.42 Å². The van der Waals surface area contributed by atoms with E-state index in [-0.39, 0.29) is 0 Å². The average molecular weight is 405 g/mol. The molecule has 0 fully saturated rings. The van der Waals surface area contributed by atoms with Gasteiger partial charge in [0.2, 0.25) is 0 Å². The molecule has 168 valence electrons. The van der Waals surface area contributed by atoms with E-state index in [0.717, 1.165) is 25.7 Å². The maximum Gasteiger partial charge on any atom is 0.303 e. The van der Waals surface area contributed by atoms with Gasteiger partial charge in [0.05, 0.1) is 0 Å². The fraction of sp³-hybridized carbons (Fsp3) is 0.741. The summed E-state index contributed by atoms with van der Waals surface area (Å²) in [6.45, 7) is 2.24. The number of hydrogen-bond donors (Lipinski definition) is 1. The standard InChI is InChI=1S/C27H48O2/c1-2-3-4-5-6-7-8-9-10-11-12-13-14-15-16-17-18-19-20-21-22-23-24-25-26-27(28)29/h5-6,8-9,11-12H,2-4,7,10,13-26H2,1H3,(H,28,29). The second-order valence-corrected chi connectivity index (χ2v) is 8.20. The van der Waals surface area contributed by atoms with E-state index in [1.54, 1.807) is 0 Å². The van der Waals surface area contributed by atoms with E-state index >= 15 is 0 Å². The lowest BCUT2D eigenvalue weighted by atomic mass is 10.0. The van der Waals surface area contributed by atoms with Crippen molar-refractivity contribution < 1.29 is 9.90 Å². The number of carboxylic acid groups (broad SMARTS) is 1. The van der Waals surface area contributed by atoms with Crippen LogP contribution >= 0.6 is 0 Å². The monoisotopic (exact) mass is 404 g/mol. The first-order chi connectivity index (χ1) is 14.3. The summed E-state index contributed by atoms with van der Waals surface area (Å²) < 4.78 is 0. The summed E-state index contributed by atoms with van der Waals surface area (Å²) in [4.78, 5) is 10.4. The van der Waals surface area contributed by atoms with E-state index in [9.17, 15) is 4.79 Å². The fourth-order valence-electron chi connectivity index (χ4n) is 3.41. The number of carboxylic acids is 1. The normalized spacial score (nSPS) is 12.0. The number of hydrogen-bond acceptors (Lipinski definition) is 1. The third-order valence-electron chi connectivity index (χ3n) is 5.28. The highest BCUT2D eigenvalue weighted by Crippen LogP contribution is 2.13. The fourth-order valence-corrected chi connectivity index (χ4v) is 3.41. The van der Waals surface area contributed by atoms with Gasteiger partial charge in [0.25, 0.3) is 0 Å². The minimum atomic E-state index is -0.658. The van der Waals surface area contributed by atoms with Gasteiger partial charge in [0.1, 0.15) is 0 Å². The van der Waals surface area contributed by atoms with Crippen molar-refractivity contribution in [2.24, 2.45) is 0 Å². The Kier molecular flexibility index (Phi) is 23.6. The lowest BCUT2D eigenvalue weighted by molar-refractivity contribution is -0.137. The van der Waals surface area contributed by atoms with Crippen molar-refractivity contribution >= 4 is 5.97 Å². The SMILES string of the molecule is CCCCC=CCC=CCC=CCCCCCCCCCCCCCCC(=O)O. The topological polar surface area (TPSA) is 37.3 Å². The van der Waals surface area contributed by atoms with Crippen molar-refractivity contribution in [1.29, 1.82) is 0 Å². The van der Waals surface area contributed by atoms with Crippen LogP contribution in [0.2, 0.25) is 0 Å². The largest absolute Gasteiger partial charge is 0.481 e. The molecule has 2 nitrogen and oxygen atoms in total. The molecule has 0 rings (SSSR count). The predicted molar refractivity (Wildman–Crippen MR) is 128 cm³/mol. The van der Waals surface area contributed by atoms with Gasteiger partial charge in [-0.15, -0.1) is 0 Å². The molecule has 0 saturated heterocycles. The van der Waals surface area contributed by atoms with Crippen LogP contribution in [-0.2, 0) is 4.79 Å². The summed E-state index contributed by atoms with van der Waals surface area (Å²) in [6.07, 6.45) is 36.6. The molecular weight excluding hydrogens is 356 g/mol. The van der Waals surface area contributed by atoms with Crippen LogP contribution < -0.4 is 0 Å². The number of carbonyl (C=O) groups is 1. The van der Waals surface area contributed by atoms with Crippen LogP contribution in [0.3, 0.4) is 0 Å². The molecule has 0 saturated carbocycles. The molecule has 0 aromatic carbocycles. The highest BCUT2D eigenvalue weighted by molar-refractivity contribution is 5.66. The third kappa shape index (κ3) is 26.7. The van der Waals surface area contributed by atoms with Crippen LogP contribution in [0.5, 0.6) is 0 Å². The molecular formula is C27H48O2. The summed E-state index contributed by atoms with van der Waals surface area (Å²) in [5.41, 5.74) is 0. The Balaban J connectivity index is 3.18. The summed E-state index contributed by atoms with van der Waals surface area (Å²) in [7, 11) is 0. The molecule has 0 aliphatic carbocycles. The molecule has 0 bridgehead atoms. The molecule has 0 aliphatic heterocycles.